The second-order valence-corrected chi connectivity index (χ2v) is 9.17. The first-order valence-corrected chi connectivity index (χ1v) is 9.80. The molecule has 1 heterocycles. The van der Waals surface area contributed by atoms with Crippen LogP contribution in [0.2, 0.25) is 0 Å². The molecule has 0 spiro atoms. The molecular weight excluding hydrogens is 302 g/mol. The zero-order valence-electron chi connectivity index (χ0n) is 14.6. The van der Waals surface area contributed by atoms with Crippen molar-refractivity contribution in [3.05, 3.63) is 0 Å². The van der Waals surface area contributed by atoms with Crippen LogP contribution in [0, 0.1) is 29.1 Å². The first kappa shape index (κ1) is 16.4. The molecule has 5 aliphatic rings. The Morgan fingerprint density at radius 2 is 1.71 bits per heavy atom. The van der Waals surface area contributed by atoms with Crippen LogP contribution in [0.3, 0.4) is 0 Å². The summed E-state index contributed by atoms with van der Waals surface area (Å²) < 4.78 is 0. The zero-order valence-corrected chi connectivity index (χ0v) is 14.6. The molecule has 5 heteroatoms. The molecule has 0 aromatic carbocycles. The molecule has 24 heavy (non-hydrogen) atoms. The third-order valence-electron chi connectivity index (χ3n) is 7.10. The van der Waals surface area contributed by atoms with Crippen LogP contribution >= 0.6 is 0 Å². The van der Waals surface area contributed by atoms with Crippen molar-refractivity contribution >= 4 is 11.8 Å². The Morgan fingerprint density at radius 3 is 2.29 bits per heavy atom. The molecule has 0 aromatic heterocycles. The van der Waals surface area contributed by atoms with Gasteiger partial charge in [0.15, 0.2) is 0 Å². The molecule has 0 radical (unpaired) electrons. The molecule has 3 N–H and O–H groups in total. The highest BCUT2D eigenvalue weighted by molar-refractivity contribution is 5.79. The first-order chi connectivity index (χ1) is 11.5. The molecule has 5 nitrogen and oxygen atoms in total. The Labute approximate surface area is 144 Å². The number of piperidine rings is 1. The lowest BCUT2D eigenvalue weighted by Gasteiger charge is -2.57. The molecule has 4 bridgehead atoms. The number of carbonyl (C=O) groups is 2. The number of carbonyl (C=O) groups excluding carboxylic acids is 2. The molecular formula is C19H31N3O2. The summed E-state index contributed by atoms with van der Waals surface area (Å²) in [6, 6.07) is 0. The van der Waals surface area contributed by atoms with Gasteiger partial charge in [-0.1, -0.05) is 0 Å². The van der Waals surface area contributed by atoms with E-state index in [1.165, 1.54) is 38.5 Å². The normalized spacial score (nSPS) is 41.3. The average molecular weight is 333 g/mol. The summed E-state index contributed by atoms with van der Waals surface area (Å²) in [7, 11) is 0. The SMILES string of the molecule is NC(=O)[C@@H]1CCCN(CC(=O)NCC23CC4CC(CC(C4)C2)C3)C1. The average Bonchev–Trinajstić information content (AvgIpc) is 2.52. The van der Waals surface area contributed by atoms with E-state index in [9.17, 15) is 9.59 Å². The molecule has 4 aliphatic carbocycles. The van der Waals surface area contributed by atoms with Crippen LogP contribution in [0.5, 0.6) is 0 Å². The Kier molecular flexibility index (Phi) is 4.31. The Bertz CT molecular complexity index is 483. The zero-order chi connectivity index (χ0) is 16.7. The maximum atomic E-state index is 12.4. The summed E-state index contributed by atoms with van der Waals surface area (Å²) in [5, 5.41) is 3.23. The van der Waals surface area contributed by atoms with Crippen LogP contribution < -0.4 is 11.1 Å². The Morgan fingerprint density at radius 1 is 1.08 bits per heavy atom. The van der Waals surface area contributed by atoms with E-state index in [2.05, 4.69) is 10.2 Å². The summed E-state index contributed by atoms with van der Waals surface area (Å²) >= 11 is 0. The largest absolute Gasteiger partial charge is 0.369 e. The quantitative estimate of drug-likeness (QED) is 0.801. The molecule has 1 atom stereocenters. The van der Waals surface area contributed by atoms with E-state index in [1.54, 1.807) is 0 Å². The van der Waals surface area contributed by atoms with E-state index in [4.69, 9.17) is 5.73 Å². The fourth-order valence-corrected chi connectivity index (χ4v) is 6.48. The number of rotatable bonds is 5. The fraction of sp³-hybridized carbons (Fsp3) is 0.895. The predicted molar refractivity (Wildman–Crippen MR) is 92.0 cm³/mol. The lowest BCUT2D eigenvalue weighted by molar-refractivity contribution is -0.127. The summed E-state index contributed by atoms with van der Waals surface area (Å²) in [4.78, 5) is 25.9. The number of amides is 2. The van der Waals surface area contributed by atoms with Crippen LogP contribution in [-0.4, -0.2) is 42.9 Å². The van der Waals surface area contributed by atoms with Gasteiger partial charge in [0.25, 0.3) is 0 Å². The molecule has 5 rings (SSSR count). The molecule has 5 fully saturated rings. The number of nitrogens with zero attached hydrogens (tertiary/aromatic N) is 1. The van der Waals surface area contributed by atoms with E-state index in [1.807, 2.05) is 0 Å². The van der Waals surface area contributed by atoms with Crippen LogP contribution in [-0.2, 0) is 9.59 Å². The van der Waals surface area contributed by atoms with Gasteiger partial charge >= 0.3 is 0 Å². The second-order valence-electron chi connectivity index (χ2n) is 9.17. The number of likely N-dealkylation sites (tertiary alicyclic amines) is 1. The monoisotopic (exact) mass is 333 g/mol. The lowest BCUT2D eigenvalue weighted by atomic mass is 9.49. The van der Waals surface area contributed by atoms with Crippen molar-refractivity contribution < 1.29 is 9.59 Å². The third-order valence-corrected chi connectivity index (χ3v) is 7.10. The highest BCUT2D eigenvalue weighted by Crippen LogP contribution is 2.59. The van der Waals surface area contributed by atoms with E-state index >= 15 is 0 Å². The van der Waals surface area contributed by atoms with E-state index in [0.717, 1.165) is 43.7 Å². The molecule has 0 unspecified atom stereocenters. The number of primary amides is 1. The highest BCUT2D eigenvalue weighted by Gasteiger charge is 2.50. The maximum absolute atomic E-state index is 12.4. The second kappa shape index (κ2) is 6.32. The molecule has 2 amide bonds. The minimum atomic E-state index is -0.228. The maximum Gasteiger partial charge on any atom is 0.234 e. The number of hydrogen-bond acceptors (Lipinski definition) is 3. The van der Waals surface area contributed by atoms with Crippen molar-refractivity contribution in [3.63, 3.8) is 0 Å². The van der Waals surface area contributed by atoms with Gasteiger partial charge in [-0.2, -0.15) is 0 Å². The summed E-state index contributed by atoms with van der Waals surface area (Å²) in [5.41, 5.74) is 5.81. The summed E-state index contributed by atoms with van der Waals surface area (Å²) in [6.45, 7) is 2.81. The molecule has 134 valence electrons. The van der Waals surface area contributed by atoms with E-state index in [0.29, 0.717) is 18.5 Å². The van der Waals surface area contributed by atoms with Crippen molar-refractivity contribution in [2.24, 2.45) is 34.8 Å². The molecule has 0 aromatic rings. The van der Waals surface area contributed by atoms with Gasteiger partial charge in [0.1, 0.15) is 0 Å². The standard InChI is InChI=1S/C19H31N3O2/c20-18(24)16-2-1-3-22(10-16)11-17(23)21-12-19-7-13-4-14(8-19)6-15(5-13)9-19/h13-16H,1-12H2,(H2,20,24)(H,21,23)/t13?,14?,15?,16-,19?/m1/s1. The molecule has 1 aliphatic heterocycles. The highest BCUT2D eigenvalue weighted by atomic mass is 16.2. The number of nitrogens with one attached hydrogen (secondary N) is 1. The fourth-order valence-electron chi connectivity index (χ4n) is 6.48. The van der Waals surface area contributed by atoms with Gasteiger partial charge in [-0.25, -0.2) is 0 Å². The van der Waals surface area contributed by atoms with Crippen LogP contribution in [0.15, 0.2) is 0 Å². The van der Waals surface area contributed by atoms with Gasteiger partial charge in [-0.15, -0.1) is 0 Å². The Hall–Kier alpha value is -1.10. The minimum Gasteiger partial charge on any atom is -0.369 e. The van der Waals surface area contributed by atoms with Crippen molar-refractivity contribution in [1.82, 2.24) is 10.2 Å². The van der Waals surface area contributed by atoms with Crippen molar-refractivity contribution in [2.75, 3.05) is 26.2 Å². The summed E-state index contributed by atoms with van der Waals surface area (Å²) in [6.07, 6.45) is 10.1. The summed E-state index contributed by atoms with van der Waals surface area (Å²) in [5.74, 6) is 2.57. The number of nitrogens with two attached hydrogens (primary N) is 1. The first-order valence-electron chi connectivity index (χ1n) is 9.80. The topological polar surface area (TPSA) is 75.4 Å². The van der Waals surface area contributed by atoms with Gasteiger partial charge in [-0.3, -0.25) is 14.5 Å². The van der Waals surface area contributed by atoms with Crippen LogP contribution in [0.4, 0.5) is 0 Å². The number of hydrogen-bond donors (Lipinski definition) is 2. The van der Waals surface area contributed by atoms with Gasteiger partial charge in [0.05, 0.1) is 12.5 Å². The van der Waals surface area contributed by atoms with Gasteiger partial charge in [0.2, 0.25) is 11.8 Å². The lowest BCUT2D eigenvalue weighted by Crippen LogP contribution is -2.52. The van der Waals surface area contributed by atoms with E-state index in [-0.39, 0.29) is 17.7 Å². The van der Waals surface area contributed by atoms with Crippen LogP contribution in [0.25, 0.3) is 0 Å². The van der Waals surface area contributed by atoms with Crippen molar-refractivity contribution in [3.8, 4) is 0 Å². The predicted octanol–water partition coefficient (Wildman–Crippen LogP) is 1.52. The smallest absolute Gasteiger partial charge is 0.234 e. The minimum absolute atomic E-state index is 0.0882. The molecule has 4 saturated carbocycles. The van der Waals surface area contributed by atoms with Crippen LogP contribution in [0.1, 0.15) is 51.4 Å². The van der Waals surface area contributed by atoms with Crippen molar-refractivity contribution in [1.29, 1.82) is 0 Å². The molecule has 1 saturated heterocycles. The van der Waals surface area contributed by atoms with E-state index < -0.39 is 0 Å². The van der Waals surface area contributed by atoms with Crippen molar-refractivity contribution in [2.45, 2.75) is 51.4 Å². The van der Waals surface area contributed by atoms with Gasteiger partial charge in [0, 0.05) is 13.1 Å². The Balaban J connectivity index is 1.27. The third kappa shape index (κ3) is 3.32. The van der Waals surface area contributed by atoms with Gasteiger partial charge in [-0.05, 0) is 81.1 Å². The van der Waals surface area contributed by atoms with Gasteiger partial charge < -0.3 is 11.1 Å².